The van der Waals surface area contributed by atoms with Crippen LogP contribution < -0.4 is 5.32 Å². The number of aliphatic hydroxyl groups excluding tert-OH is 2. The number of nitrogens with one attached hydrogen (secondary N) is 1. The molecule has 1 atom stereocenters. The second-order valence-corrected chi connectivity index (χ2v) is 6.87. The Morgan fingerprint density at radius 3 is 2.45 bits per heavy atom. The molecular formula is C20H24FN5O3. The fraction of sp³-hybridized carbons (Fsp3) is 0.350. The fourth-order valence-electron chi connectivity index (χ4n) is 3.04. The Balaban J connectivity index is 1.73. The first-order valence-electron chi connectivity index (χ1n) is 9.22. The third-order valence-electron chi connectivity index (χ3n) is 4.40. The molecule has 0 aliphatic rings. The lowest BCUT2D eigenvalue weighted by Gasteiger charge is -2.13. The molecule has 4 N–H and O–H groups in total. The first kappa shape index (κ1) is 21.0. The van der Waals surface area contributed by atoms with Gasteiger partial charge in [-0.3, -0.25) is 4.98 Å². The van der Waals surface area contributed by atoms with Crippen molar-refractivity contribution in [2.24, 2.45) is 0 Å². The molecule has 0 fully saturated rings. The van der Waals surface area contributed by atoms with Gasteiger partial charge >= 0.3 is 0 Å². The monoisotopic (exact) mass is 401 g/mol. The van der Waals surface area contributed by atoms with E-state index < -0.39 is 12.4 Å². The highest BCUT2D eigenvalue weighted by atomic mass is 19.1. The highest BCUT2D eigenvalue weighted by Gasteiger charge is 2.16. The molecule has 2 heterocycles. The van der Waals surface area contributed by atoms with Crippen molar-refractivity contribution >= 4 is 0 Å². The molecule has 154 valence electrons. The second-order valence-electron chi connectivity index (χ2n) is 6.87. The van der Waals surface area contributed by atoms with Gasteiger partial charge in [-0.2, -0.15) is 0 Å². The zero-order chi connectivity index (χ0) is 21.0. The molecule has 29 heavy (non-hydrogen) atoms. The van der Waals surface area contributed by atoms with E-state index in [2.05, 4.69) is 20.5 Å². The van der Waals surface area contributed by atoms with Gasteiger partial charge in [-0.1, -0.05) is 12.1 Å². The van der Waals surface area contributed by atoms with Crippen LogP contribution in [0.3, 0.4) is 0 Å². The van der Waals surface area contributed by atoms with Crippen molar-refractivity contribution < 1.29 is 19.7 Å². The van der Waals surface area contributed by atoms with Gasteiger partial charge < -0.3 is 25.2 Å². The van der Waals surface area contributed by atoms with Crippen LogP contribution >= 0.6 is 0 Å². The summed E-state index contributed by atoms with van der Waals surface area (Å²) in [6, 6.07) is 9.36. The number of pyridine rings is 1. The zero-order valence-corrected chi connectivity index (χ0v) is 16.2. The Labute approximate surface area is 167 Å². The van der Waals surface area contributed by atoms with E-state index in [1.54, 1.807) is 42.7 Å². The lowest BCUT2D eigenvalue weighted by Crippen LogP contribution is -2.19. The van der Waals surface area contributed by atoms with Crippen molar-refractivity contribution in [1.29, 1.82) is 0 Å². The van der Waals surface area contributed by atoms with Crippen molar-refractivity contribution in [3.8, 4) is 0 Å². The Morgan fingerprint density at radius 1 is 1.07 bits per heavy atom. The number of hydrogen-bond acceptors (Lipinski definition) is 7. The maximum atomic E-state index is 13.2. The number of benzene rings is 1. The largest absolute Gasteiger partial charge is 0.385 e. The molecule has 9 heteroatoms. The van der Waals surface area contributed by atoms with Gasteiger partial charge in [0.25, 0.3) is 0 Å². The maximum absolute atomic E-state index is 13.2. The molecule has 0 aliphatic carbocycles. The molecule has 0 saturated carbocycles. The lowest BCUT2D eigenvalue weighted by atomic mass is 10.2. The van der Waals surface area contributed by atoms with Crippen molar-refractivity contribution in [2.75, 3.05) is 0 Å². The SMILES string of the molecule is Cc1cc(C(O)O)cc(CNCc2nnc(C(C)O)n2Cc2ccc(F)cc2)n1. The van der Waals surface area contributed by atoms with Gasteiger partial charge in [0.1, 0.15) is 17.7 Å². The molecule has 0 amide bonds. The Bertz CT molecular complexity index is 957. The van der Waals surface area contributed by atoms with Crippen LogP contribution in [0.2, 0.25) is 0 Å². The van der Waals surface area contributed by atoms with E-state index in [0.717, 1.165) is 5.56 Å². The van der Waals surface area contributed by atoms with Gasteiger partial charge in [-0.15, -0.1) is 10.2 Å². The molecule has 3 aromatic rings. The van der Waals surface area contributed by atoms with E-state index in [1.807, 2.05) is 0 Å². The van der Waals surface area contributed by atoms with E-state index in [-0.39, 0.29) is 5.82 Å². The minimum atomic E-state index is -1.55. The molecule has 3 rings (SSSR count). The van der Waals surface area contributed by atoms with Crippen LogP contribution in [0.1, 0.15) is 53.5 Å². The predicted molar refractivity (Wildman–Crippen MR) is 103 cm³/mol. The van der Waals surface area contributed by atoms with Gasteiger partial charge in [0.2, 0.25) is 0 Å². The number of nitrogens with zero attached hydrogens (tertiary/aromatic N) is 4. The molecule has 0 radical (unpaired) electrons. The zero-order valence-electron chi connectivity index (χ0n) is 16.2. The summed E-state index contributed by atoms with van der Waals surface area (Å²) in [6.45, 7) is 4.53. The lowest BCUT2D eigenvalue weighted by molar-refractivity contribution is -0.0426. The molecular weight excluding hydrogens is 377 g/mol. The predicted octanol–water partition coefficient (Wildman–Crippen LogP) is 1.50. The van der Waals surface area contributed by atoms with Gasteiger partial charge in [-0.05, 0) is 43.7 Å². The van der Waals surface area contributed by atoms with Crippen molar-refractivity contribution in [3.63, 3.8) is 0 Å². The average molecular weight is 401 g/mol. The molecule has 0 aliphatic heterocycles. The van der Waals surface area contributed by atoms with Crippen molar-refractivity contribution in [1.82, 2.24) is 25.1 Å². The Hall–Kier alpha value is -2.72. The summed E-state index contributed by atoms with van der Waals surface area (Å²) in [5.41, 5.74) is 2.58. The van der Waals surface area contributed by atoms with Crippen LogP contribution in [0.15, 0.2) is 36.4 Å². The number of aromatic nitrogens is 4. The van der Waals surface area contributed by atoms with Crippen LogP contribution in [-0.4, -0.2) is 35.1 Å². The quantitative estimate of drug-likeness (QED) is 0.423. The molecule has 2 aromatic heterocycles. The van der Waals surface area contributed by atoms with Gasteiger partial charge in [0, 0.05) is 17.8 Å². The van der Waals surface area contributed by atoms with Crippen molar-refractivity contribution in [2.45, 2.75) is 45.9 Å². The van der Waals surface area contributed by atoms with Gasteiger partial charge in [-0.25, -0.2) is 4.39 Å². The molecule has 0 bridgehead atoms. The summed E-state index contributed by atoms with van der Waals surface area (Å²) in [7, 11) is 0. The van der Waals surface area contributed by atoms with Crippen LogP contribution in [0.5, 0.6) is 0 Å². The summed E-state index contributed by atoms with van der Waals surface area (Å²) in [6.07, 6.45) is -2.36. The topological polar surface area (TPSA) is 116 Å². The standard InChI is InChI=1S/C20H24FN5O3/c1-12-7-15(20(28)29)8-17(23-12)9-22-10-18-24-25-19(13(2)27)26(18)11-14-3-5-16(21)6-4-14/h3-8,13,20,22,27-29H,9-11H2,1-2H3. The van der Waals surface area contributed by atoms with Gasteiger partial charge in [0.05, 0.1) is 18.8 Å². The smallest absolute Gasteiger partial charge is 0.178 e. The summed E-state index contributed by atoms with van der Waals surface area (Å²) in [5, 5.41) is 40.2. The number of rotatable bonds is 8. The summed E-state index contributed by atoms with van der Waals surface area (Å²) in [5.74, 6) is 0.721. The minimum Gasteiger partial charge on any atom is -0.385 e. The number of aliphatic hydroxyl groups is 3. The van der Waals surface area contributed by atoms with Crippen LogP contribution in [0, 0.1) is 12.7 Å². The molecule has 0 saturated heterocycles. The number of aryl methyl sites for hydroxylation is 1. The summed E-state index contributed by atoms with van der Waals surface area (Å²) >= 11 is 0. The first-order valence-corrected chi connectivity index (χ1v) is 9.22. The summed E-state index contributed by atoms with van der Waals surface area (Å²) in [4.78, 5) is 4.38. The van der Waals surface area contributed by atoms with E-state index in [0.29, 0.717) is 48.2 Å². The number of hydrogen-bond donors (Lipinski definition) is 4. The van der Waals surface area contributed by atoms with Crippen LogP contribution in [0.4, 0.5) is 4.39 Å². The first-order chi connectivity index (χ1) is 13.8. The summed E-state index contributed by atoms with van der Waals surface area (Å²) < 4.78 is 15.0. The molecule has 1 aromatic carbocycles. The third kappa shape index (κ3) is 5.42. The molecule has 1 unspecified atom stereocenters. The normalized spacial score (nSPS) is 12.5. The minimum absolute atomic E-state index is 0.312. The van der Waals surface area contributed by atoms with E-state index >= 15 is 0 Å². The fourth-order valence-corrected chi connectivity index (χ4v) is 3.04. The highest BCUT2D eigenvalue weighted by Crippen LogP contribution is 2.16. The molecule has 0 spiro atoms. The Kier molecular flexibility index (Phi) is 6.65. The maximum Gasteiger partial charge on any atom is 0.178 e. The Morgan fingerprint density at radius 2 is 1.79 bits per heavy atom. The van der Waals surface area contributed by atoms with Gasteiger partial charge in [0.15, 0.2) is 12.1 Å². The van der Waals surface area contributed by atoms with Crippen LogP contribution in [0.25, 0.3) is 0 Å². The van der Waals surface area contributed by atoms with E-state index in [9.17, 15) is 19.7 Å². The average Bonchev–Trinajstić information content (AvgIpc) is 3.06. The van der Waals surface area contributed by atoms with E-state index in [1.165, 1.54) is 12.1 Å². The third-order valence-corrected chi connectivity index (χ3v) is 4.40. The van der Waals surface area contributed by atoms with Crippen molar-refractivity contribution in [3.05, 3.63) is 76.4 Å². The molecule has 8 nitrogen and oxygen atoms in total. The second kappa shape index (κ2) is 9.19. The highest BCUT2D eigenvalue weighted by molar-refractivity contribution is 5.22. The number of halogens is 1. The van der Waals surface area contributed by atoms with Crippen LogP contribution in [-0.2, 0) is 19.6 Å². The van der Waals surface area contributed by atoms with E-state index in [4.69, 9.17) is 0 Å².